The topological polar surface area (TPSA) is 55.6 Å². The number of hydrogen-bond acceptors (Lipinski definition) is 4. The first-order valence-electron chi connectivity index (χ1n) is 8.76. The number of aryl methyl sites for hydroxylation is 2. The lowest BCUT2D eigenvalue weighted by Gasteiger charge is -2.33. The minimum absolute atomic E-state index is 0.0634. The third kappa shape index (κ3) is 4.43. The number of piperidine rings is 1. The third-order valence-corrected chi connectivity index (χ3v) is 4.82. The highest BCUT2D eigenvalue weighted by atomic mass is 19.4. The number of amides is 1. The van der Waals surface area contributed by atoms with Gasteiger partial charge in [0.05, 0.1) is 17.2 Å². The second kappa shape index (κ2) is 7.62. The summed E-state index contributed by atoms with van der Waals surface area (Å²) >= 11 is 0. The van der Waals surface area contributed by atoms with Crippen molar-refractivity contribution in [1.82, 2.24) is 10.1 Å². The molecule has 0 aliphatic carbocycles. The molecule has 1 unspecified atom stereocenters. The number of halogens is 3. The van der Waals surface area contributed by atoms with E-state index in [1.807, 2.05) is 6.92 Å². The molecule has 0 bridgehead atoms. The molecule has 1 aliphatic heterocycles. The molecule has 3 rings (SSSR count). The molecule has 1 aromatic carbocycles. The summed E-state index contributed by atoms with van der Waals surface area (Å²) < 4.78 is 49.7. The lowest BCUT2D eigenvalue weighted by molar-refractivity contribution is -0.184. The fourth-order valence-electron chi connectivity index (χ4n) is 3.19. The van der Waals surface area contributed by atoms with Crippen molar-refractivity contribution in [2.24, 2.45) is 5.92 Å². The van der Waals surface area contributed by atoms with Gasteiger partial charge in [0.25, 0.3) is 5.91 Å². The quantitative estimate of drug-likeness (QED) is 0.792. The molecular formula is C19H21F3N2O3. The summed E-state index contributed by atoms with van der Waals surface area (Å²) in [5, 5.41) is 3.85. The zero-order valence-electron chi connectivity index (χ0n) is 15.2. The number of rotatable bonds is 4. The van der Waals surface area contributed by atoms with Crippen LogP contribution in [0.4, 0.5) is 13.2 Å². The molecule has 8 heteroatoms. The molecule has 27 heavy (non-hydrogen) atoms. The van der Waals surface area contributed by atoms with Gasteiger partial charge in [-0.05, 0) is 44.9 Å². The molecule has 2 aromatic rings. The smallest absolute Gasteiger partial charge is 0.393 e. The average molecular weight is 382 g/mol. The predicted molar refractivity (Wildman–Crippen MR) is 91.4 cm³/mol. The molecule has 0 N–H and O–H groups in total. The Labute approximate surface area is 155 Å². The lowest BCUT2D eigenvalue weighted by atomic mass is 9.97. The highest BCUT2D eigenvalue weighted by molar-refractivity contribution is 5.94. The largest absolute Gasteiger partial charge is 0.489 e. The van der Waals surface area contributed by atoms with Crippen LogP contribution in [-0.4, -0.2) is 35.2 Å². The maximum Gasteiger partial charge on any atom is 0.393 e. The molecule has 1 aromatic heterocycles. The van der Waals surface area contributed by atoms with Crippen LogP contribution < -0.4 is 4.74 Å². The highest BCUT2D eigenvalue weighted by Crippen LogP contribution is 2.33. The molecule has 0 radical (unpaired) electrons. The molecule has 0 spiro atoms. The standard InChI is InChI=1S/C19H21F3N2O3/c1-12-17(13(2)27-23-12)11-26-16-7-3-5-14(9-16)18(25)24-8-4-6-15(10-24)19(20,21)22/h3,5,7,9,15H,4,6,8,10-11H2,1-2H3. The normalized spacial score (nSPS) is 17.8. The van der Waals surface area contributed by atoms with E-state index in [9.17, 15) is 18.0 Å². The van der Waals surface area contributed by atoms with Gasteiger partial charge in [-0.3, -0.25) is 4.79 Å². The van der Waals surface area contributed by atoms with E-state index in [0.717, 1.165) is 11.3 Å². The van der Waals surface area contributed by atoms with Gasteiger partial charge >= 0.3 is 6.18 Å². The summed E-state index contributed by atoms with van der Waals surface area (Å²) in [4.78, 5) is 13.9. The number of carbonyl (C=O) groups is 1. The zero-order chi connectivity index (χ0) is 19.6. The molecule has 1 amide bonds. The number of carbonyl (C=O) groups excluding carboxylic acids is 1. The Bertz CT molecular complexity index is 797. The van der Waals surface area contributed by atoms with Crippen molar-refractivity contribution in [3.05, 3.63) is 46.8 Å². The van der Waals surface area contributed by atoms with Crippen molar-refractivity contribution in [2.45, 2.75) is 39.5 Å². The first-order chi connectivity index (χ1) is 12.8. The predicted octanol–water partition coefficient (Wildman–Crippen LogP) is 4.28. The highest BCUT2D eigenvalue weighted by Gasteiger charge is 2.42. The van der Waals surface area contributed by atoms with Crippen molar-refractivity contribution in [3.63, 3.8) is 0 Å². The minimum Gasteiger partial charge on any atom is -0.489 e. The van der Waals surface area contributed by atoms with Crippen molar-refractivity contribution in [1.29, 1.82) is 0 Å². The number of nitrogens with zero attached hydrogens (tertiary/aromatic N) is 2. The van der Waals surface area contributed by atoms with Crippen LogP contribution in [0.15, 0.2) is 28.8 Å². The number of benzene rings is 1. The number of aromatic nitrogens is 1. The van der Waals surface area contributed by atoms with Crippen molar-refractivity contribution >= 4 is 5.91 Å². The Morgan fingerprint density at radius 3 is 2.81 bits per heavy atom. The maximum absolute atomic E-state index is 13.0. The molecular weight excluding hydrogens is 361 g/mol. The molecule has 0 saturated carbocycles. The van der Waals surface area contributed by atoms with Crippen LogP contribution in [0.2, 0.25) is 0 Å². The lowest BCUT2D eigenvalue weighted by Crippen LogP contribution is -2.44. The number of alkyl halides is 3. The van der Waals surface area contributed by atoms with E-state index in [1.54, 1.807) is 31.2 Å². The second-order valence-corrected chi connectivity index (χ2v) is 6.75. The third-order valence-electron chi connectivity index (χ3n) is 4.82. The Hall–Kier alpha value is -2.51. The van der Waals surface area contributed by atoms with Crippen LogP contribution in [0, 0.1) is 19.8 Å². The van der Waals surface area contributed by atoms with Crippen LogP contribution in [0.1, 0.15) is 40.2 Å². The van der Waals surface area contributed by atoms with Gasteiger partial charge < -0.3 is 14.2 Å². The van der Waals surface area contributed by atoms with Gasteiger partial charge in [-0.25, -0.2) is 0 Å². The zero-order valence-corrected chi connectivity index (χ0v) is 15.2. The first-order valence-corrected chi connectivity index (χ1v) is 8.76. The van der Waals surface area contributed by atoms with Gasteiger partial charge in [0, 0.05) is 18.7 Å². The van der Waals surface area contributed by atoms with E-state index in [-0.39, 0.29) is 19.6 Å². The monoisotopic (exact) mass is 382 g/mol. The molecule has 2 heterocycles. The second-order valence-electron chi connectivity index (χ2n) is 6.75. The van der Waals surface area contributed by atoms with Crippen LogP contribution in [0.25, 0.3) is 0 Å². The van der Waals surface area contributed by atoms with E-state index >= 15 is 0 Å². The first kappa shape index (κ1) is 19.3. The van der Waals surface area contributed by atoms with E-state index in [1.165, 1.54) is 4.90 Å². The van der Waals surface area contributed by atoms with Crippen molar-refractivity contribution < 1.29 is 27.2 Å². The van der Waals surface area contributed by atoms with Crippen LogP contribution in [-0.2, 0) is 6.61 Å². The molecule has 1 aliphatic rings. The summed E-state index contributed by atoms with van der Waals surface area (Å²) in [6.45, 7) is 3.86. The Morgan fingerprint density at radius 1 is 1.37 bits per heavy atom. The molecule has 1 fully saturated rings. The molecule has 1 saturated heterocycles. The van der Waals surface area contributed by atoms with E-state index in [2.05, 4.69) is 5.16 Å². The van der Waals surface area contributed by atoms with Crippen molar-refractivity contribution in [2.75, 3.05) is 13.1 Å². The summed E-state index contributed by atoms with van der Waals surface area (Å²) in [6.07, 6.45) is -3.87. The van der Waals surface area contributed by atoms with Crippen LogP contribution >= 0.6 is 0 Å². The summed E-state index contributed by atoms with van der Waals surface area (Å²) in [6, 6.07) is 6.49. The van der Waals surface area contributed by atoms with E-state index in [0.29, 0.717) is 30.0 Å². The van der Waals surface area contributed by atoms with E-state index in [4.69, 9.17) is 9.26 Å². The Kier molecular flexibility index (Phi) is 5.43. The van der Waals surface area contributed by atoms with Gasteiger partial charge in [0.15, 0.2) is 0 Å². The van der Waals surface area contributed by atoms with Gasteiger partial charge in [0.2, 0.25) is 0 Å². The average Bonchev–Trinajstić information content (AvgIpc) is 2.97. The Morgan fingerprint density at radius 2 is 2.15 bits per heavy atom. The van der Waals surface area contributed by atoms with E-state index < -0.39 is 18.0 Å². The molecule has 1 atom stereocenters. The maximum atomic E-state index is 13.0. The summed E-state index contributed by atoms with van der Waals surface area (Å²) in [7, 11) is 0. The summed E-state index contributed by atoms with van der Waals surface area (Å²) in [5.41, 5.74) is 1.87. The minimum atomic E-state index is -4.28. The van der Waals surface area contributed by atoms with Crippen molar-refractivity contribution in [3.8, 4) is 5.75 Å². The van der Waals surface area contributed by atoms with Gasteiger partial charge in [-0.1, -0.05) is 11.2 Å². The van der Waals surface area contributed by atoms with Crippen LogP contribution in [0.3, 0.4) is 0 Å². The number of hydrogen-bond donors (Lipinski definition) is 0. The van der Waals surface area contributed by atoms with Gasteiger partial charge in [-0.2, -0.15) is 13.2 Å². The fraction of sp³-hybridized carbons (Fsp3) is 0.474. The summed E-state index contributed by atoms with van der Waals surface area (Å²) in [5.74, 6) is -0.752. The number of likely N-dealkylation sites (tertiary alicyclic amines) is 1. The molecule has 146 valence electrons. The molecule has 5 nitrogen and oxygen atoms in total. The Balaban J connectivity index is 1.68. The fourth-order valence-corrected chi connectivity index (χ4v) is 3.19. The number of ether oxygens (including phenoxy) is 1. The SMILES string of the molecule is Cc1noc(C)c1COc1cccc(C(=O)N2CCCC(C(F)(F)F)C2)c1. The van der Waals surface area contributed by atoms with Gasteiger partial charge in [-0.15, -0.1) is 0 Å². The van der Waals surface area contributed by atoms with Crippen LogP contribution in [0.5, 0.6) is 5.75 Å². The van der Waals surface area contributed by atoms with Gasteiger partial charge in [0.1, 0.15) is 18.1 Å².